The van der Waals surface area contributed by atoms with E-state index in [0.717, 1.165) is 5.56 Å². The van der Waals surface area contributed by atoms with Gasteiger partial charge in [0.15, 0.2) is 6.79 Å². The maximum atomic E-state index is 9.90. The highest BCUT2D eigenvalue weighted by atomic mass is 16.6. The second kappa shape index (κ2) is 5.16. The van der Waals surface area contributed by atoms with Gasteiger partial charge in [-0.25, -0.2) is 0 Å². The van der Waals surface area contributed by atoms with Crippen molar-refractivity contribution in [2.45, 2.75) is 6.61 Å². The first-order valence-electron chi connectivity index (χ1n) is 3.74. The summed E-state index contributed by atoms with van der Waals surface area (Å²) >= 11 is 0. The molecule has 0 saturated carbocycles. The third-order valence-corrected chi connectivity index (χ3v) is 1.45. The van der Waals surface area contributed by atoms with E-state index in [1.807, 2.05) is 0 Å². The van der Waals surface area contributed by atoms with Gasteiger partial charge in [0.25, 0.3) is 6.47 Å². The van der Waals surface area contributed by atoms with E-state index in [-0.39, 0.29) is 13.4 Å². The summed E-state index contributed by atoms with van der Waals surface area (Å²) in [5.41, 5.74) is 0.818. The fraction of sp³-hybridized carbons (Fsp3) is 0.222. The highest BCUT2D eigenvalue weighted by molar-refractivity contribution is 5.38. The van der Waals surface area contributed by atoms with Crippen molar-refractivity contribution >= 4 is 6.47 Å². The van der Waals surface area contributed by atoms with Crippen molar-refractivity contribution in [2.24, 2.45) is 0 Å². The Morgan fingerprint density at radius 1 is 1.46 bits per heavy atom. The van der Waals surface area contributed by atoms with Crippen LogP contribution in [-0.2, 0) is 16.1 Å². The molecule has 1 N–H and O–H groups in total. The summed E-state index contributed by atoms with van der Waals surface area (Å²) in [6, 6.07) is 6.96. The molecule has 0 radical (unpaired) electrons. The zero-order chi connectivity index (χ0) is 9.52. The predicted octanol–water partition coefficient (Wildman–Crippen LogP) is 0.688. The Bertz CT molecular complexity index is 272. The van der Waals surface area contributed by atoms with Gasteiger partial charge in [0.1, 0.15) is 12.4 Å². The maximum absolute atomic E-state index is 9.90. The average Bonchev–Trinajstić information content (AvgIpc) is 2.16. The van der Waals surface area contributed by atoms with Crippen LogP contribution in [0.25, 0.3) is 0 Å². The summed E-state index contributed by atoms with van der Waals surface area (Å²) in [6.45, 7) is 0.240. The van der Waals surface area contributed by atoms with Crippen LogP contribution in [0.1, 0.15) is 5.56 Å². The highest BCUT2D eigenvalue weighted by Crippen LogP contribution is 2.13. The van der Waals surface area contributed by atoms with Gasteiger partial charge in [0.2, 0.25) is 0 Å². The van der Waals surface area contributed by atoms with Gasteiger partial charge in [0, 0.05) is 0 Å². The molecule has 70 valence electrons. The minimum Gasteiger partial charge on any atom is -0.468 e. The van der Waals surface area contributed by atoms with Crippen LogP contribution in [0.4, 0.5) is 0 Å². The summed E-state index contributed by atoms with van der Waals surface area (Å²) in [4.78, 5) is 9.90. The summed E-state index contributed by atoms with van der Waals surface area (Å²) in [5, 5.41) is 8.48. The molecule has 0 bridgehead atoms. The Morgan fingerprint density at radius 3 is 3.00 bits per heavy atom. The molecule has 13 heavy (non-hydrogen) atoms. The molecule has 1 aromatic carbocycles. The lowest BCUT2D eigenvalue weighted by atomic mass is 10.2. The smallest absolute Gasteiger partial charge is 0.293 e. The van der Waals surface area contributed by atoms with Crippen LogP contribution in [0.2, 0.25) is 0 Å². The molecule has 0 spiro atoms. The van der Waals surface area contributed by atoms with E-state index in [0.29, 0.717) is 12.2 Å². The van der Waals surface area contributed by atoms with Crippen LogP contribution in [-0.4, -0.2) is 18.4 Å². The molecule has 0 fully saturated rings. The zero-order valence-corrected chi connectivity index (χ0v) is 6.97. The van der Waals surface area contributed by atoms with Crippen molar-refractivity contribution in [3.63, 3.8) is 0 Å². The van der Waals surface area contributed by atoms with Gasteiger partial charge in [-0.15, -0.1) is 0 Å². The molecular formula is C9H10O4. The predicted molar refractivity (Wildman–Crippen MR) is 45.0 cm³/mol. The summed E-state index contributed by atoms with van der Waals surface area (Å²) in [5.74, 6) is 0.550. The lowest BCUT2D eigenvalue weighted by molar-refractivity contribution is -0.129. The number of aliphatic hydroxyl groups is 1. The number of rotatable bonds is 5. The minimum atomic E-state index is -0.363. The van der Waals surface area contributed by atoms with E-state index >= 15 is 0 Å². The third-order valence-electron chi connectivity index (χ3n) is 1.45. The van der Waals surface area contributed by atoms with Gasteiger partial charge < -0.3 is 14.6 Å². The minimum absolute atomic E-state index is 0.214. The number of carbonyl (C=O) groups excluding carboxylic acids is 1. The van der Waals surface area contributed by atoms with Crippen molar-refractivity contribution in [2.75, 3.05) is 6.79 Å². The van der Waals surface area contributed by atoms with Crippen LogP contribution in [0.15, 0.2) is 24.3 Å². The molecule has 0 aliphatic heterocycles. The van der Waals surface area contributed by atoms with Crippen molar-refractivity contribution in [1.82, 2.24) is 0 Å². The first-order valence-corrected chi connectivity index (χ1v) is 3.74. The Balaban J connectivity index is 2.61. The molecule has 1 rings (SSSR count). The zero-order valence-electron chi connectivity index (χ0n) is 6.97. The van der Waals surface area contributed by atoms with E-state index in [1.54, 1.807) is 24.3 Å². The number of benzene rings is 1. The fourth-order valence-electron chi connectivity index (χ4n) is 0.930. The van der Waals surface area contributed by atoms with Crippen LogP contribution in [0.5, 0.6) is 5.75 Å². The van der Waals surface area contributed by atoms with Gasteiger partial charge in [-0.2, -0.15) is 0 Å². The van der Waals surface area contributed by atoms with Crippen molar-refractivity contribution in [1.29, 1.82) is 0 Å². The number of ether oxygens (including phenoxy) is 2. The largest absolute Gasteiger partial charge is 0.468 e. The Labute approximate surface area is 75.7 Å². The first kappa shape index (κ1) is 9.54. The van der Waals surface area contributed by atoms with Gasteiger partial charge >= 0.3 is 0 Å². The summed E-state index contributed by atoms with van der Waals surface area (Å²) in [6.07, 6.45) is 0. The topological polar surface area (TPSA) is 55.8 Å². The molecule has 1 aromatic rings. The second-order valence-electron chi connectivity index (χ2n) is 2.33. The molecule has 0 amide bonds. The standard InChI is InChI=1S/C9H10O4/c10-6-12-5-8-2-1-3-9(4-8)13-7-11/h1-4,6,11H,5,7H2. The molecule has 0 saturated heterocycles. The summed E-state index contributed by atoms with van der Waals surface area (Å²) in [7, 11) is 0. The molecule has 0 unspecified atom stereocenters. The van der Waals surface area contributed by atoms with Gasteiger partial charge in [0.05, 0.1) is 0 Å². The van der Waals surface area contributed by atoms with E-state index in [9.17, 15) is 4.79 Å². The molecule has 4 nitrogen and oxygen atoms in total. The number of hydrogen-bond donors (Lipinski definition) is 1. The maximum Gasteiger partial charge on any atom is 0.293 e. The fourth-order valence-corrected chi connectivity index (χ4v) is 0.930. The van der Waals surface area contributed by atoms with Crippen molar-refractivity contribution in [3.05, 3.63) is 29.8 Å². The number of carbonyl (C=O) groups is 1. The molecule has 4 heteroatoms. The molecule has 0 aliphatic carbocycles. The highest BCUT2D eigenvalue weighted by Gasteiger charge is 1.95. The Hall–Kier alpha value is -1.55. The van der Waals surface area contributed by atoms with Crippen LogP contribution < -0.4 is 4.74 Å². The summed E-state index contributed by atoms with van der Waals surface area (Å²) < 4.78 is 9.39. The molecule has 0 aliphatic rings. The van der Waals surface area contributed by atoms with E-state index < -0.39 is 0 Å². The molecule has 0 aromatic heterocycles. The number of aliphatic hydroxyl groups excluding tert-OH is 1. The Kier molecular flexibility index (Phi) is 3.78. The van der Waals surface area contributed by atoms with Crippen LogP contribution in [0.3, 0.4) is 0 Å². The molecular weight excluding hydrogens is 172 g/mol. The SMILES string of the molecule is O=COCc1cccc(OCO)c1. The lowest BCUT2D eigenvalue weighted by Crippen LogP contribution is -1.96. The lowest BCUT2D eigenvalue weighted by Gasteiger charge is -2.04. The van der Waals surface area contributed by atoms with E-state index in [1.165, 1.54) is 0 Å². The van der Waals surface area contributed by atoms with Gasteiger partial charge in [-0.1, -0.05) is 12.1 Å². The van der Waals surface area contributed by atoms with Crippen LogP contribution in [0, 0.1) is 0 Å². The molecule has 0 atom stereocenters. The Morgan fingerprint density at radius 2 is 2.31 bits per heavy atom. The number of hydrogen-bond acceptors (Lipinski definition) is 4. The van der Waals surface area contributed by atoms with Crippen molar-refractivity contribution < 1.29 is 19.4 Å². The third kappa shape index (κ3) is 3.13. The van der Waals surface area contributed by atoms with E-state index in [4.69, 9.17) is 9.84 Å². The van der Waals surface area contributed by atoms with Crippen LogP contribution >= 0.6 is 0 Å². The quantitative estimate of drug-likeness (QED) is 0.537. The van der Waals surface area contributed by atoms with E-state index in [2.05, 4.69) is 4.74 Å². The second-order valence-corrected chi connectivity index (χ2v) is 2.33. The first-order chi connectivity index (χ1) is 6.36. The van der Waals surface area contributed by atoms with Gasteiger partial charge in [-0.05, 0) is 17.7 Å². The van der Waals surface area contributed by atoms with Crippen molar-refractivity contribution in [3.8, 4) is 5.75 Å². The monoisotopic (exact) mass is 182 g/mol. The normalized spacial score (nSPS) is 9.31. The molecule has 0 heterocycles. The average molecular weight is 182 g/mol. The van der Waals surface area contributed by atoms with Gasteiger partial charge in [-0.3, -0.25) is 4.79 Å².